The van der Waals surface area contributed by atoms with E-state index < -0.39 is 0 Å². The molecule has 26 heavy (non-hydrogen) atoms. The van der Waals surface area contributed by atoms with Crippen LogP contribution in [0.15, 0.2) is 59.7 Å². The zero-order chi connectivity index (χ0) is 18.2. The van der Waals surface area contributed by atoms with Gasteiger partial charge in [0.2, 0.25) is 0 Å². The fraction of sp³-hybridized carbons (Fsp3) is 0.250. The van der Waals surface area contributed by atoms with Gasteiger partial charge in [0.25, 0.3) is 0 Å². The molecule has 0 bridgehead atoms. The SMILES string of the molecule is COc1cccc(C#CC2=C(C#Cc3cccc(OC)c3)CCCC2)c1. The molecule has 2 aromatic carbocycles. The molecular formula is C24H22O2. The van der Waals surface area contributed by atoms with Crippen LogP contribution in [0.5, 0.6) is 11.5 Å². The van der Waals surface area contributed by atoms with Gasteiger partial charge in [0.05, 0.1) is 14.2 Å². The van der Waals surface area contributed by atoms with Crippen LogP contribution in [0.25, 0.3) is 0 Å². The van der Waals surface area contributed by atoms with Crippen LogP contribution in [-0.4, -0.2) is 14.2 Å². The highest BCUT2D eigenvalue weighted by Crippen LogP contribution is 2.24. The van der Waals surface area contributed by atoms with Crippen molar-refractivity contribution in [1.82, 2.24) is 0 Å². The molecule has 0 unspecified atom stereocenters. The van der Waals surface area contributed by atoms with E-state index in [1.54, 1.807) is 14.2 Å². The molecule has 0 N–H and O–H groups in total. The molecule has 130 valence electrons. The van der Waals surface area contributed by atoms with Gasteiger partial charge in [-0.3, -0.25) is 0 Å². The number of hydrogen-bond donors (Lipinski definition) is 0. The summed E-state index contributed by atoms with van der Waals surface area (Å²) in [5.74, 6) is 14.9. The Morgan fingerprint density at radius 2 is 1.12 bits per heavy atom. The van der Waals surface area contributed by atoms with Gasteiger partial charge in [-0.25, -0.2) is 0 Å². The third-order valence-corrected chi connectivity index (χ3v) is 4.32. The van der Waals surface area contributed by atoms with Crippen LogP contribution < -0.4 is 9.47 Å². The van der Waals surface area contributed by atoms with Crippen molar-refractivity contribution in [3.8, 4) is 35.2 Å². The fourth-order valence-electron chi connectivity index (χ4n) is 2.88. The zero-order valence-electron chi connectivity index (χ0n) is 15.3. The van der Waals surface area contributed by atoms with Crippen LogP contribution >= 0.6 is 0 Å². The lowest BCUT2D eigenvalue weighted by Gasteiger charge is -2.12. The fourth-order valence-corrected chi connectivity index (χ4v) is 2.88. The Morgan fingerprint density at radius 3 is 1.54 bits per heavy atom. The number of methoxy groups -OCH3 is 2. The molecule has 0 amide bonds. The predicted molar refractivity (Wildman–Crippen MR) is 105 cm³/mol. The molecule has 0 aliphatic heterocycles. The summed E-state index contributed by atoms with van der Waals surface area (Å²) >= 11 is 0. The van der Waals surface area contributed by atoms with Crippen molar-refractivity contribution in [1.29, 1.82) is 0 Å². The number of rotatable bonds is 2. The van der Waals surface area contributed by atoms with Crippen LogP contribution in [0.3, 0.4) is 0 Å². The summed E-state index contributed by atoms with van der Waals surface area (Å²) in [5, 5.41) is 0. The van der Waals surface area contributed by atoms with Crippen LogP contribution in [0.2, 0.25) is 0 Å². The van der Waals surface area contributed by atoms with Crippen LogP contribution in [-0.2, 0) is 0 Å². The van der Waals surface area contributed by atoms with E-state index in [9.17, 15) is 0 Å². The third-order valence-electron chi connectivity index (χ3n) is 4.32. The molecule has 0 saturated heterocycles. The van der Waals surface area contributed by atoms with Crippen molar-refractivity contribution in [3.63, 3.8) is 0 Å². The first kappa shape index (κ1) is 17.7. The van der Waals surface area contributed by atoms with Gasteiger partial charge in [-0.2, -0.15) is 0 Å². The van der Waals surface area contributed by atoms with Gasteiger partial charge in [-0.15, -0.1) is 0 Å². The van der Waals surface area contributed by atoms with Crippen molar-refractivity contribution in [2.45, 2.75) is 25.7 Å². The largest absolute Gasteiger partial charge is 0.497 e. The minimum Gasteiger partial charge on any atom is -0.497 e. The Labute approximate surface area is 155 Å². The molecular weight excluding hydrogens is 320 g/mol. The molecule has 2 heteroatoms. The molecule has 2 nitrogen and oxygen atoms in total. The monoisotopic (exact) mass is 342 g/mol. The quantitative estimate of drug-likeness (QED) is 0.717. The van der Waals surface area contributed by atoms with Gasteiger partial charge < -0.3 is 9.47 Å². The molecule has 0 radical (unpaired) electrons. The van der Waals surface area contributed by atoms with Gasteiger partial charge in [-0.1, -0.05) is 35.8 Å². The smallest absolute Gasteiger partial charge is 0.120 e. The van der Waals surface area contributed by atoms with Gasteiger partial charge in [0, 0.05) is 22.3 Å². The summed E-state index contributed by atoms with van der Waals surface area (Å²) in [5.41, 5.74) is 4.24. The molecule has 0 fully saturated rings. The first-order valence-electron chi connectivity index (χ1n) is 8.82. The normalized spacial score (nSPS) is 13.2. The van der Waals surface area contributed by atoms with E-state index in [4.69, 9.17) is 9.47 Å². The highest BCUT2D eigenvalue weighted by Gasteiger charge is 2.09. The van der Waals surface area contributed by atoms with E-state index in [-0.39, 0.29) is 0 Å². The highest BCUT2D eigenvalue weighted by atomic mass is 16.5. The summed E-state index contributed by atoms with van der Waals surface area (Å²) < 4.78 is 10.5. The van der Waals surface area contributed by atoms with E-state index >= 15 is 0 Å². The van der Waals surface area contributed by atoms with E-state index in [1.165, 1.54) is 12.8 Å². The number of hydrogen-bond acceptors (Lipinski definition) is 2. The summed E-state index contributed by atoms with van der Waals surface area (Å²) in [7, 11) is 3.34. The zero-order valence-corrected chi connectivity index (χ0v) is 15.3. The van der Waals surface area contributed by atoms with E-state index in [1.807, 2.05) is 48.5 Å². The average Bonchev–Trinajstić information content (AvgIpc) is 2.71. The van der Waals surface area contributed by atoms with Gasteiger partial charge >= 0.3 is 0 Å². The molecule has 1 aliphatic carbocycles. The molecule has 1 aliphatic rings. The second kappa shape index (κ2) is 8.84. The number of benzene rings is 2. The number of ether oxygens (including phenoxy) is 2. The lowest BCUT2D eigenvalue weighted by molar-refractivity contribution is 0.414. The first-order chi connectivity index (χ1) is 12.8. The van der Waals surface area contributed by atoms with E-state index in [0.717, 1.165) is 46.6 Å². The van der Waals surface area contributed by atoms with E-state index in [0.29, 0.717) is 0 Å². The van der Waals surface area contributed by atoms with Crippen molar-refractivity contribution < 1.29 is 9.47 Å². The van der Waals surface area contributed by atoms with Crippen LogP contribution in [0.4, 0.5) is 0 Å². The van der Waals surface area contributed by atoms with Gasteiger partial charge in [0.15, 0.2) is 0 Å². The third kappa shape index (κ3) is 4.71. The Morgan fingerprint density at radius 1 is 0.654 bits per heavy atom. The van der Waals surface area contributed by atoms with Crippen molar-refractivity contribution in [2.24, 2.45) is 0 Å². The minimum absolute atomic E-state index is 0.826. The van der Waals surface area contributed by atoms with Gasteiger partial charge in [0.1, 0.15) is 11.5 Å². The van der Waals surface area contributed by atoms with E-state index in [2.05, 4.69) is 23.7 Å². The Kier molecular flexibility index (Phi) is 6.02. The first-order valence-corrected chi connectivity index (χ1v) is 8.82. The maximum absolute atomic E-state index is 5.26. The molecule has 0 spiro atoms. The lowest BCUT2D eigenvalue weighted by Crippen LogP contribution is -1.97. The lowest BCUT2D eigenvalue weighted by atomic mass is 9.92. The van der Waals surface area contributed by atoms with Crippen molar-refractivity contribution >= 4 is 0 Å². The molecule has 3 rings (SSSR count). The Hall–Kier alpha value is -3.10. The summed E-state index contributed by atoms with van der Waals surface area (Å²) in [6, 6.07) is 15.7. The molecule has 0 heterocycles. The predicted octanol–water partition coefficient (Wildman–Crippen LogP) is 4.98. The minimum atomic E-state index is 0.826. The molecule has 0 atom stereocenters. The molecule has 0 aromatic heterocycles. The van der Waals surface area contributed by atoms with Crippen molar-refractivity contribution in [3.05, 3.63) is 70.8 Å². The maximum Gasteiger partial charge on any atom is 0.120 e. The summed E-state index contributed by atoms with van der Waals surface area (Å²) in [6.45, 7) is 0. The Balaban J connectivity index is 1.87. The Bertz CT molecular complexity index is 852. The standard InChI is InChI=1S/C24H22O2/c1-25-23-11-5-7-19(17-23)13-15-21-9-3-4-10-22(21)16-14-20-8-6-12-24(18-20)26-2/h5-8,11-12,17-18H,3-4,9-10H2,1-2H3. The second-order valence-corrected chi connectivity index (χ2v) is 6.13. The highest BCUT2D eigenvalue weighted by molar-refractivity contribution is 5.51. The number of allylic oxidation sites excluding steroid dienone is 2. The second-order valence-electron chi connectivity index (χ2n) is 6.13. The maximum atomic E-state index is 5.26. The van der Waals surface area contributed by atoms with Gasteiger partial charge in [-0.05, 0) is 62.1 Å². The topological polar surface area (TPSA) is 18.5 Å². The van der Waals surface area contributed by atoms with Crippen molar-refractivity contribution in [2.75, 3.05) is 14.2 Å². The molecule has 2 aromatic rings. The summed E-state index contributed by atoms with van der Waals surface area (Å²) in [6.07, 6.45) is 4.34. The average molecular weight is 342 g/mol. The summed E-state index contributed by atoms with van der Waals surface area (Å²) in [4.78, 5) is 0. The molecule has 0 saturated carbocycles. The van der Waals surface area contributed by atoms with Crippen LogP contribution in [0, 0.1) is 23.7 Å². The van der Waals surface area contributed by atoms with Crippen LogP contribution in [0.1, 0.15) is 36.8 Å².